The monoisotopic (exact) mass is 438 g/mol. The molecule has 0 unspecified atom stereocenters. The number of halogens is 2. The number of anilines is 2. The Balaban J connectivity index is 1.35. The second kappa shape index (κ2) is 9.14. The molecule has 4 rings (SSSR count). The summed E-state index contributed by atoms with van der Waals surface area (Å²) in [5.74, 6) is 0.00227. The fourth-order valence-electron chi connectivity index (χ4n) is 3.39. The Morgan fingerprint density at radius 3 is 2.55 bits per heavy atom. The van der Waals surface area contributed by atoms with Gasteiger partial charge in [0.05, 0.1) is 18.3 Å². The SMILES string of the molecule is O=C(Cc1ccccc1Cl)Nc1ccc(N2CCN(Cc3ccc(F)cc3)C2=O)nc1. The summed E-state index contributed by atoms with van der Waals surface area (Å²) in [6, 6.07) is 16.5. The van der Waals surface area contributed by atoms with Crippen molar-refractivity contribution in [3.63, 3.8) is 0 Å². The van der Waals surface area contributed by atoms with Gasteiger partial charge in [0.15, 0.2) is 0 Å². The minimum atomic E-state index is -0.304. The molecule has 2 heterocycles. The van der Waals surface area contributed by atoms with Crippen LogP contribution in [0.3, 0.4) is 0 Å². The molecule has 31 heavy (non-hydrogen) atoms. The highest BCUT2D eigenvalue weighted by Gasteiger charge is 2.30. The lowest BCUT2D eigenvalue weighted by molar-refractivity contribution is -0.115. The van der Waals surface area contributed by atoms with Crippen molar-refractivity contribution in [1.82, 2.24) is 9.88 Å². The quantitative estimate of drug-likeness (QED) is 0.616. The Hall–Kier alpha value is -3.45. The minimum absolute atomic E-state index is 0.157. The van der Waals surface area contributed by atoms with Crippen LogP contribution in [0.5, 0.6) is 0 Å². The number of nitrogens with one attached hydrogen (secondary N) is 1. The number of hydrogen-bond acceptors (Lipinski definition) is 3. The van der Waals surface area contributed by atoms with Crippen molar-refractivity contribution in [2.24, 2.45) is 0 Å². The molecular weight excluding hydrogens is 419 g/mol. The van der Waals surface area contributed by atoms with Crippen LogP contribution in [0.4, 0.5) is 20.7 Å². The van der Waals surface area contributed by atoms with E-state index in [1.54, 1.807) is 46.2 Å². The highest BCUT2D eigenvalue weighted by atomic mass is 35.5. The molecule has 0 spiro atoms. The number of nitrogens with zero attached hydrogens (tertiary/aromatic N) is 3. The number of urea groups is 1. The third-order valence-corrected chi connectivity index (χ3v) is 5.37. The van der Waals surface area contributed by atoms with Gasteiger partial charge in [-0.15, -0.1) is 0 Å². The Morgan fingerprint density at radius 2 is 1.84 bits per heavy atom. The summed E-state index contributed by atoms with van der Waals surface area (Å²) in [4.78, 5) is 32.6. The van der Waals surface area contributed by atoms with Crippen molar-refractivity contribution in [2.75, 3.05) is 23.3 Å². The zero-order valence-corrected chi connectivity index (χ0v) is 17.3. The first kappa shape index (κ1) is 20.8. The van der Waals surface area contributed by atoms with Gasteiger partial charge in [0.2, 0.25) is 5.91 Å². The van der Waals surface area contributed by atoms with Crippen LogP contribution >= 0.6 is 11.6 Å². The summed E-state index contributed by atoms with van der Waals surface area (Å²) in [5, 5.41) is 3.33. The van der Waals surface area contributed by atoms with E-state index in [1.165, 1.54) is 18.3 Å². The van der Waals surface area contributed by atoms with Crippen molar-refractivity contribution >= 4 is 35.0 Å². The number of amides is 3. The molecule has 0 bridgehead atoms. The van der Waals surface area contributed by atoms with Crippen LogP contribution in [-0.4, -0.2) is 34.9 Å². The molecule has 0 saturated carbocycles. The highest BCUT2D eigenvalue weighted by molar-refractivity contribution is 6.31. The molecule has 1 aliphatic heterocycles. The van der Waals surface area contributed by atoms with Gasteiger partial charge in [-0.2, -0.15) is 0 Å². The first-order chi connectivity index (χ1) is 15.0. The second-order valence-electron chi connectivity index (χ2n) is 7.20. The van der Waals surface area contributed by atoms with Gasteiger partial charge in [-0.05, 0) is 41.5 Å². The molecule has 0 atom stereocenters. The van der Waals surface area contributed by atoms with E-state index in [2.05, 4.69) is 10.3 Å². The molecule has 3 aromatic rings. The molecule has 158 valence electrons. The number of aromatic nitrogens is 1. The molecule has 1 N–H and O–H groups in total. The van der Waals surface area contributed by atoms with Gasteiger partial charge in [0.25, 0.3) is 0 Å². The van der Waals surface area contributed by atoms with Gasteiger partial charge in [0.1, 0.15) is 11.6 Å². The third-order valence-electron chi connectivity index (χ3n) is 5.00. The van der Waals surface area contributed by atoms with Crippen LogP contribution in [0.1, 0.15) is 11.1 Å². The first-order valence-corrected chi connectivity index (χ1v) is 10.2. The predicted molar refractivity (Wildman–Crippen MR) is 118 cm³/mol. The van der Waals surface area contributed by atoms with Crippen LogP contribution in [0.25, 0.3) is 0 Å². The Morgan fingerprint density at radius 1 is 1.06 bits per heavy atom. The van der Waals surface area contributed by atoms with Crippen molar-refractivity contribution in [2.45, 2.75) is 13.0 Å². The highest BCUT2D eigenvalue weighted by Crippen LogP contribution is 2.22. The van der Waals surface area contributed by atoms with E-state index in [9.17, 15) is 14.0 Å². The lowest BCUT2D eigenvalue weighted by Gasteiger charge is -2.18. The normalized spacial score (nSPS) is 13.5. The zero-order chi connectivity index (χ0) is 21.8. The first-order valence-electron chi connectivity index (χ1n) is 9.80. The fraction of sp³-hybridized carbons (Fsp3) is 0.174. The number of rotatable bonds is 6. The van der Waals surface area contributed by atoms with E-state index < -0.39 is 0 Å². The Kier molecular flexibility index (Phi) is 6.13. The summed E-state index contributed by atoms with van der Waals surface area (Å²) in [7, 11) is 0. The van der Waals surface area contributed by atoms with Crippen LogP contribution in [-0.2, 0) is 17.8 Å². The molecule has 3 amide bonds. The largest absolute Gasteiger partial charge is 0.326 e. The second-order valence-corrected chi connectivity index (χ2v) is 7.61. The number of carbonyl (C=O) groups is 2. The van der Waals surface area contributed by atoms with Gasteiger partial charge >= 0.3 is 6.03 Å². The lowest BCUT2D eigenvalue weighted by Crippen LogP contribution is -2.31. The van der Waals surface area contributed by atoms with Crippen molar-refractivity contribution in [3.8, 4) is 0 Å². The van der Waals surface area contributed by atoms with Crippen molar-refractivity contribution in [3.05, 3.63) is 88.8 Å². The van der Waals surface area contributed by atoms with Crippen LogP contribution < -0.4 is 10.2 Å². The Bertz CT molecular complexity index is 1090. The number of benzene rings is 2. The standard InChI is InChI=1S/C23H20ClFN4O2/c24-20-4-2-1-3-17(20)13-22(30)27-19-9-10-21(26-14-19)29-12-11-28(23(29)31)15-16-5-7-18(25)8-6-16/h1-10,14H,11-13,15H2,(H,27,30). The van der Waals surface area contributed by atoms with Gasteiger partial charge in [-0.1, -0.05) is 41.9 Å². The third kappa shape index (κ3) is 5.00. The Labute approximate surface area is 184 Å². The molecule has 8 heteroatoms. The summed E-state index contributed by atoms with van der Waals surface area (Å²) in [5.41, 5.74) is 2.15. The topological polar surface area (TPSA) is 65.5 Å². The van der Waals surface area contributed by atoms with Crippen LogP contribution in [0.15, 0.2) is 66.9 Å². The van der Waals surface area contributed by atoms with E-state index in [4.69, 9.17) is 11.6 Å². The molecular formula is C23H20ClFN4O2. The average molecular weight is 439 g/mol. The molecule has 0 aliphatic carbocycles. The van der Waals surface area contributed by atoms with Crippen LogP contribution in [0.2, 0.25) is 5.02 Å². The number of carbonyl (C=O) groups excluding carboxylic acids is 2. The van der Waals surface area contributed by atoms with Crippen molar-refractivity contribution in [1.29, 1.82) is 0 Å². The van der Waals surface area contributed by atoms with E-state index in [-0.39, 0.29) is 24.2 Å². The van der Waals surface area contributed by atoms with Crippen LogP contribution in [0, 0.1) is 5.82 Å². The summed E-state index contributed by atoms with van der Waals surface area (Å²) in [6.07, 6.45) is 1.68. The fourth-order valence-corrected chi connectivity index (χ4v) is 3.59. The molecule has 2 aromatic carbocycles. The summed E-state index contributed by atoms with van der Waals surface area (Å²) < 4.78 is 13.1. The molecule has 6 nitrogen and oxygen atoms in total. The van der Waals surface area contributed by atoms with E-state index in [0.29, 0.717) is 36.2 Å². The maximum atomic E-state index is 13.1. The summed E-state index contributed by atoms with van der Waals surface area (Å²) >= 11 is 6.10. The molecule has 1 fully saturated rings. The van der Waals surface area contributed by atoms with Gasteiger partial charge in [-0.25, -0.2) is 14.2 Å². The van der Waals surface area contributed by atoms with Gasteiger partial charge in [-0.3, -0.25) is 9.69 Å². The lowest BCUT2D eigenvalue weighted by atomic mass is 10.1. The predicted octanol–water partition coefficient (Wildman–Crippen LogP) is 4.50. The number of hydrogen-bond donors (Lipinski definition) is 1. The molecule has 0 radical (unpaired) electrons. The van der Waals surface area contributed by atoms with Crippen molar-refractivity contribution < 1.29 is 14.0 Å². The summed E-state index contributed by atoms with van der Waals surface area (Å²) in [6.45, 7) is 1.46. The van der Waals surface area contributed by atoms with E-state index in [1.807, 2.05) is 12.1 Å². The van der Waals surface area contributed by atoms with E-state index in [0.717, 1.165) is 11.1 Å². The molecule has 1 saturated heterocycles. The number of pyridine rings is 1. The smallest absolute Gasteiger partial charge is 0.324 e. The van der Waals surface area contributed by atoms with Gasteiger partial charge < -0.3 is 10.2 Å². The average Bonchev–Trinajstić information content (AvgIpc) is 3.12. The van der Waals surface area contributed by atoms with Gasteiger partial charge in [0, 0.05) is 24.7 Å². The maximum absolute atomic E-state index is 13.1. The van der Waals surface area contributed by atoms with E-state index >= 15 is 0 Å². The maximum Gasteiger partial charge on any atom is 0.326 e. The molecule has 1 aromatic heterocycles. The minimum Gasteiger partial charge on any atom is -0.324 e. The molecule has 1 aliphatic rings. The zero-order valence-electron chi connectivity index (χ0n) is 16.6.